The van der Waals surface area contributed by atoms with Gasteiger partial charge in [-0.15, -0.1) is 11.8 Å². The van der Waals surface area contributed by atoms with Gasteiger partial charge in [0.25, 0.3) is 5.91 Å². The Morgan fingerprint density at radius 2 is 1.81 bits per heavy atom. The first-order chi connectivity index (χ1) is 15.0. The number of carbonyl (C=O) groups is 3. The van der Waals surface area contributed by atoms with Crippen LogP contribution in [0.3, 0.4) is 0 Å². The summed E-state index contributed by atoms with van der Waals surface area (Å²) in [5.41, 5.74) is 2.27. The van der Waals surface area contributed by atoms with Gasteiger partial charge >= 0.3 is 0 Å². The lowest BCUT2D eigenvalue weighted by atomic mass is 10.1. The Labute approximate surface area is 190 Å². The Balaban J connectivity index is 1.41. The maximum atomic E-state index is 12.8. The first kappa shape index (κ1) is 21.7. The van der Waals surface area contributed by atoms with E-state index in [4.69, 9.17) is 11.6 Å². The molecule has 0 radical (unpaired) electrons. The molecule has 8 heteroatoms. The second-order valence-corrected chi connectivity index (χ2v) is 9.13. The second kappa shape index (κ2) is 9.75. The van der Waals surface area contributed by atoms with E-state index in [1.807, 2.05) is 41.3 Å². The summed E-state index contributed by atoms with van der Waals surface area (Å²) in [5, 5.41) is 3.56. The number of likely N-dealkylation sites (tertiary alicyclic amines) is 1. The van der Waals surface area contributed by atoms with Crippen molar-refractivity contribution in [3.05, 3.63) is 58.6 Å². The minimum Gasteiger partial charge on any atom is -0.354 e. The van der Waals surface area contributed by atoms with Crippen molar-refractivity contribution in [2.24, 2.45) is 0 Å². The van der Waals surface area contributed by atoms with Crippen LogP contribution in [0.15, 0.2) is 47.4 Å². The number of nitrogens with zero attached hydrogens (tertiary/aromatic N) is 2. The average molecular weight is 458 g/mol. The molecule has 1 fully saturated rings. The van der Waals surface area contributed by atoms with Crippen molar-refractivity contribution in [2.45, 2.75) is 24.2 Å². The van der Waals surface area contributed by atoms with Crippen molar-refractivity contribution in [3.8, 4) is 0 Å². The lowest BCUT2D eigenvalue weighted by molar-refractivity contribution is -0.122. The largest absolute Gasteiger partial charge is 0.354 e. The fraction of sp³-hybridized carbons (Fsp3) is 0.348. The molecule has 162 valence electrons. The molecule has 0 aromatic heterocycles. The summed E-state index contributed by atoms with van der Waals surface area (Å²) in [5.74, 6) is -0.0898. The summed E-state index contributed by atoms with van der Waals surface area (Å²) in [4.78, 5) is 42.1. The van der Waals surface area contributed by atoms with Gasteiger partial charge in [0.1, 0.15) is 6.54 Å². The molecular weight excluding hydrogens is 434 g/mol. The monoisotopic (exact) mass is 457 g/mol. The van der Waals surface area contributed by atoms with Crippen molar-refractivity contribution in [1.82, 2.24) is 10.2 Å². The molecule has 1 N–H and O–H groups in total. The highest BCUT2D eigenvalue weighted by atomic mass is 35.5. The molecule has 6 nitrogen and oxygen atoms in total. The summed E-state index contributed by atoms with van der Waals surface area (Å²) in [6, 6.07) is 12.9. The Hall–Kier alpha value is -2.51. The molecular formula is C23H24ClN3O3S. The zero-order chi connectivity index (χ0) is 21.8. The number of anilines is 1. The number of halogens is 1. The van der Waals surface area contributed by atoms with Crippen LogP contribution in [0, 0.1) is 0 Å². The van der Waals surface area contributed by atoms with E-state index in [1.165, 1.54) is 16.7 Å². The molecule has 3 amide bonds. The van der Waals surface area contributed by atoms with Crippen LogP contribution >= 0.6 is 23.4 Å². The molecule has 2 aliphatic rings. The Bertz CT molecular complexity index is 990. The SMILES string of the molecule is O=C(CN1C(=O)CSc2ccc(C(=O)N3CCCC3)cc21)NCCc1ccc(Cl)cc1. The highest BCUT2D eigenvalue weighted by Gasteiger charge is 2.28. The van der Waals surface area contributed by atoms with Crippen LogP contribution in [0.5, 0.6) is 0 Å². The molecule has 0 saturated carbocycles. The van der Waals surface area contributed by atoms with E-state index in [0.717, 1.165) is 36.4 Å². The molecule has 2 aromatic carbocycles. The van der Waals surface area contributed by atoms with E-state index >= 15 is 0 Å². The van der Waals surface area contributed by atoms with E-state index in [9.17, 15) is 14.4 Å². The number of nitrogens with one attached hydrogen (secondary N) is 1. The third kappa shape index (κ3) is 5.22. The Morgan fingerprint density at radius 3 is 2.55 bits per heavy atom. The van der Waals surface area contributed by atoms with Crippen molar-refractivity contribution < 1.29 is 14.4 Å². The normalized spacial score (nSPS) is 15.7. The van der Waals surface area contributed by atoms with Crippen LogP contribution in [0.4, 0.5) is 5.69 Å². The predicted octanol–water partition coefficient (Wildman–Crippen LogP) is 3.37. The van der Waals surface area contributed by atoms with Gasteiger partial charge in [-0.1, -0.05) is 23.7 Å². The molecule has 2 heterocycles. The highest BCUT2D eigenvalue weighted by molar-refractivity contribution is 8.00. The minimum atomic E-state index is -0.226. The van der Waals surface area contributed by atoms with Gasteiger partial charge < -0.3 is 15.1 Å². The molecule has 2 aromatic rings. The van der Waals surface area contributed by atoms with Crippen molar-refractivity contribution in [1.29, 1.82) is 0 Å². The number of benzene rings is 2. The van der Waals surface area contributed by atoms with Gasteiger partial charge in [0.2, 0.25) is 11.8 Å². The first-order valence-corrected chi connectivity index (χ1v) is 11.8. The van der Waals surface area contributed by atoms with E-state index in [0.29, 0.717) is 29.2 Å². The van der Waals surface area contributed by atoms with E-state index < -0.39 is 0 Å². The highest BCUT2D eigenvalue weighted by Crippen LogP contribution is 2.36. The smallest absolute Gasteiger partial charge is 0.253 e. The van der Waals surface area contributed by atoms with E-state index in [-0.39, 0.29) is 30.0 Å². The van der Waals surface area contributed by atoms with Gasteiger partial charge in [-0.3, -0.25) is 14.4 Å². The van der Waals surface area contributed by atoms with Crippen LogP contribution in [0.25, 0.3) is 0 Å². The number of hydrogen-bond donors (Lipinski definition) is 1. The molecule has 0 bridgehead atoms. The van der Waals surface area contributed by atoms with E-state index in [1.54, 1.807) is 6.07 Å². The van der Waals surface area contributed by atoms with Gasteiger partial charge in [0, 0.05) is 35.1 Å². The van der Waals surface area contributed by atoms with Crippen LogP contribution in [0.1, 0.15) is 28.8 Å². The Morgan fingerprint density at radius 1 is 1.06 bits per heavy atom. The molecule has 2 aliphatic heterocycles. The van der Waals surface area contributed by atoms with Crippen LogP contribution in [-0.2, 0) is 16.0 Å². The predicted molar refractivity (Wildman–Crippen MR) is 123 cm³/mol. The summed E-state index contributed by atoms with van der Waals surface area (Å²) in [7, 11) is 0. The topological polar surface area (TPSA) is 69.7 Å². The molecule has 0 unspecified atom stereocenters. The zero-order valence-electron chi connectivity index (χ0n) is 17.1. The molecule has 31 heavy (non-hydrogen) atoms. The quantitative estimate of drug-likeness (QED) is 0.722. The Kier molecular flexibility index (Phi) is 6.83. The van der Waals surface area contributed by atoms with Crippen molar-refractivity contribution in [3.63, 3.8) is 0 Å². The van der Waals surface area contributed by atoms with Gasteiger partial charge in [0.15, 0.2) is 0 Å². The third-order valence-corrected chi connectivity index (χ3v) is 6.79. The first-order valence-electron chi connectivity index (χ1n) is 10.4. The molecule has 4 rings (SSSR count). The molecule has 0 atom stereocenters. The fourth-order valence-electron chi connectivity index (χ4n) is 3.81. The minimum absolute atomic E-state index is 0.0179. The van der Waals surface area contributed by atoms with Crippen LogP contribution < -0.4 is 10.2 Å². The standard InChI is InChI=1S/C23H24ClN3O3S/c24-18-6-3-16(4-7-18)9-10-25-21(28)14-27-19-13-17(23(30)26-11-1-2-12-26)5-8-20(19)31-15-22(27)29/h3-8,13H,1-2,9-12,14-15H2,(H,25,28). The lowest BCUT2D eigenvalue weighted by Gasteiger charge is -2.29. The van der Waals surface area contributed by atoms with Gasteiger partial charge in [-0.25, -0.2) is 0 Å². The number of hydrogen-bond acceptors (Lipinski definition) is 4. The number of rotatable bonds is 6. The molecule has 0 spiro atoms. The zero-order valence-corrected chi connectivity index (χ0v) is 18.7. The van der Waals surface area contributed by atoms with Gasteiger partial charge in [0.05, 0.1) is 11.4 Å². The second-order valence-electron chi connectivity index (χ2n) is 7.68. The molecule has 0 aliphatic carbocycles. The number of fused-ring (bicyclic) bond motifs is 1. The summed E-state index contributed by atoms with van der Waals surface area (Å²) in [6.07, 6.45) is 2.72. The van der Waals surface area contributed by atoms with Gasteiger partial charge in [-0.05, 0) is 55.2 Å². The van der Waals surface area contributed by atoms with Crippen LogP contribution in [0.2, 0.25) is 5.02 Å². The summed E-state index contributed by atoms with van der Waals surface area (Å²) < 4.78 is 0. The van der Waals surface area contributed by atoms with Gasteiger partial charge in [-0.2, -0.15) is 0 Å². The maximum absolute atomic E-state index is 12.8. The average Bonchev–Trinajstić information content (AvgIpc) is 3.31. The number of amides is 3. The maximum Gasteiger partial charge on any atom is 0.253 e. The van der Waals surface area contributed by atoms with Crippen molar-refractivity contribution >= 4 is 46.8 Å². The summed E-state index contributed by atoms with van der Waals surface area (Å²) in [6.45, 7) is 1.94. The van der Waals surface area contributed by atoms with Crippen LogP contribution in [-0.4, -0.2) is 54.6 Å². The lowest BCUT2D eigenvalue weighted by Crippen LogP contribution is -2.43. The van der Waals surface area contributed by atoms with E-state index in [2.05, 4.69) is 5.32 Å². The number of thioether (sulfide) groups is 1. The van der Waals surface area contributed by atoms with Crippen molar-refractivity contribution in [2.75, 3.05) is 36.8 Å². The number of carbonyl (C=O) groups excluding carboxylic acids is 3. The molecule has 1 saturated heterocycles. The fourth-order valence-corrected chi connectivity index (χ4v) is 4.85. The summed E-state index contributed by atoms with van der Waals surface area (Å²) >= 11 is 7.33. The third-order valence-electron chi connectivity index (χ3n) is 5.49.